The van der Waals surface area contributed by atoms with Gasteiger partial charge in [-0.1, -0.05) is 19.0 Å². The Morgan fingerprint density at radius 2 is 2.11 bits per heavy atom. The molecule has 0 aromatic carbocycles. The lowest BCUT2D eigenvalue weighted by atomic mass is 10.2. The molecule has 0 bridgehead atoms. The first-order valence-corrected chi connectivity index (χ1v) is 6.42. The van der Waals surface area contributed by atoms with Gasteiger partial charge in [-0.05, 0) is 26.1 Å². The van der Waals surface area contributed by atoms with Gasteiger partial charge in [-0.15, -0.1) is 0 Å². The maximum Gasteiger partial charge on any atom is 0.214 e. The Morgan fingerprint density at radius 3 is 2.68 bits per heavy atom. The molecule has 1 heterocycles. The highest BCUT2D eigenvalue weighted by Gasteiger charge is 2.06. The van der Waals surface area contributed by atoms with E-state index in [-0.39, 0.29) is 5.84 Å². The van der Waals surface area contributed by atoms with Gasteiger partial charge in [0, 0.05) is 23.9 Å². The number of aromatic nitrogens is 1. The van der Waals surface area contributed by atoms with Crippen molar-refractivity contribution in [2.24, 2.45) is 10.9 Å². The lowest BCUT2D eigenvalue weighted by Crippen LogP contribution is -2.28. The van der Waals surface area contributed by atoms with Crippen molar-refractivity contribution >= 4 is 5.84 Å². The second kappa shape index (κ2) is 7.58. The van der Waals surface area contributed by atoms with Crippen LogP contribution in [-0.2, 0) is 0 Å². The van der Waals surface area contributed by atoms with Crippen LogP contribution in [0.2, 0.25) is 0 Å². The number of likely N-dealkylation sites (N-methyl/N-ethyl adjacent to an activating group) is 1. The summed E-state index contributed by atoms with van der Waals surface area (Å²) in [7, 11) is 0. The van der Waals surface area contributed by atoms with E-state index in [1.54, 1.807) is 12.1 Å². The minimum atomic E-state index is 0.0547. The summed E-state index contributed by atoms with van der Waals surface area (Å²) in [6, 6.07) is 3.41. The summed E-state index contributed by atoms with van der Waals surface area (Å²) < 4.78 is 5.61. The monoisotopic (exact) mass is 266 g/mol. The van der Waals surface area contributed by atoms with Crippen molar-refractivity contribution < 1.29 is 9.94 Å². The van der Waals surface area contributed by atoms with Crippen molar-refractivity contribution in [3.8, 4) is 5.88 Å². The number of nitrogens with zero attached hydrogens (tertiary/aromatic N) is 3. The van der Waals surface area contributed by atoms with Crippen molar-refractivity contribution in [2.75, 3.05) is 26.2 Å². The number of aryl methyl sites for hydroxylation is 1. The Balaban J connectivity index is 2.66. The van der Waals surface area contributed by atoms with E-state index in [0.29, 0.717) is 18.1 Å². The average molecular weight is 266 g/mol. The lowest BCUT2D eigenvalue weighted by Gasteiger charge is -2.17. The number of oxime groups is 1. The maximum absolute atomic E-state index is 8.68. The first-order valence-electron chi connectivity index (χ1n) is 6.42. The van der Waals surface area contributed by atoms with Gasteiger partial charge in [0.25, 0.3) is 0 Å². The first kappa shape index (κ1) is 15.2. The van der Waals surface area contributed by atoms with Gasteiger partial charge in [0.2, 0.25) is 5.88 Å². The minimum absolute atomic E-state index is 0.0547. The Labute approximate surface area is 113 Å². The van der Waals surface area contributed by atoms with Crippen LogP contribution in [0.15, 0.2) is 17.3 Å². The number of hydrogen-bond donors (Lipinski definition) is 2. The highest BCUT2D eigenvalue weighted by molar-refractivity contribution is 5.97. The molecule has 19 heavy (non-hydrogen) atoms. The van der Waals surface area contributed by atoms with Gasteiger partial charge in [-0.25, -0.2) is 4.98 Å². The minimum Gasteiger partial charge on any atom is -0.476 e. The van der Waals surface area contributed by atoms with Gasteiger partial charge in [0.15, 0.2) is 5.84 Å². The number of nitrogens with two attached hydrogens (primary N) is 1. The smallest absolute Gasteiger partial charge is 0.214 e. The number of hydrogen-bond acceptors (Lipinski definition) is 5. The highest BCUT2D eigenvalue weighted by atomic mass is 16.5. The molecule has 0 unspecified atom stereocenters. The zero-order valence-corrected chi connectivity index (χ0v) is 11.8. The van der Waals surface area contributed by atoms with Gasteiger partial charge >= 0.3 is 0 Å². The lowest BCUT2D eigenvalue weighted by molar-refractivity contribution is 0.217. The summed E-state index contributed by atoms with van der Waals surface area (Å²) in [5.41, 5.74) is 6.93. The van der Waals surface area contributed by atoms with Crippen LogP contribution in [0.25, 0.3) is 0 Å². The van der Waals surface area contributed by atoms with Crippen molar-refractivity contribution in [1.29, 1.82) is 0 Å². The molecule has 6 nitrogen and oxygen atoms in total. The van der Waals surface area contributed by atoms with E-state index < -0.39 is 0 Å². The van der Waals surface area contributed by atoms with Gasteiger partial charge in [-0.2, -0.15) is 0 Å². The molecule has 0 aliphatic carbocycles. The zero-order chi connectivity index (χ0) is 14.3. The second-order valence-electron chi connectivity index (χ2n) is 4.20. The van der Waals surface area contributed by atoms with Gasteiger partial charge in [0.05, 0.1) is 0 Å². The second-order valence-corrected chi connectivity index (χ2v) is 4.20. The van der Waals surface area contributed by atoms with Crippen LogP contribution >= 0.6 is 0 Å². The van der Waals surface area contributed by atoms with Crippen LogP contribution < -0.4 is 10.5 Å². The summed E-state index contributed by atoms with van der Waals surface area (Å²) in [5, 5.41) is 11.7. The summed E-state index contributed by atoms with van der Waals surface area (Å²) in [6.07, 6.45) is 0. The van der Waals surface area contributed by atoms with Crippen LogP contribution in [0, 0.1) is 6.92 Å². The van der Waals surface area contributed by atoms with Crippen molar-refractivity contribution in [2.45, 2.75) is 20.8 Å². The molecule has 6 heteroatoms. The Hall–Kier alpha value is -1.82. The van der Waals surface area contributed by atoms with Gasteiger partial charge in [0.1, 0.15) is 6.61 Å². The van der Waals surface area contributed by atoms with E-state index in [2.05, 4.69) is 28.9 Å². The largest absolute Gasteiger partial charge is 0.476 e. The molecule has 0 radical (unpaired) electrons. The van der Waals surface area contributed by atoms with Crippen molar-refractivity contribution in [1.82, 2.24) is 9.88 Å². The maximum atomic E-state index is 8.68. The average Bonchev–Trinajstić information content (AvgIpc) is 2.42. The quantitative estimate of drug-likeness (QED) is 0.335. The molecule has 1 rings (SSSR count). The SMILES string of the molecule is CCN(CC)CCOc1cc(/C(N)=N/O)cc(C)n1. The Bertz CT molecular complexity index is 431. The summed E-state index contributed by atoms with van der Waals surface area (Å²) in [6.45, 7) is 9.48. The molecule has 0 aliphatic heterocycles. The summed E-state index contributed by atoms with van der Waals surface area (Å²) in [4.78, 5) is 6.53. The normalized spacial score (nSPS) is 11.9. The van der Waals surface area contributed by atoms with E-state index in [1.165, 1.54) is 0 Å². The summed E-state index contributed by atoms with van der Waals surface area (Å²) in [5.74, 6) is 0.549. The number of pyridine rings is 1. The predicted octanol–water partition coefficient (Wildman–Crippen LogP) is 1.21. The number of ether oxygens (including phenoxy) is 1. The standard InChI is InChI=1S/C13H22N4O2/c1-4-17(5-2)6-7-19-12-9-11(13(14)16-18)8-10(3)15-12/h8-9,18H,4-7H2,1-3H3,(H2,14,16). The Morgan fingerprint density at radius 1 is 1.42 bits per heavy atom. The van der Waals surface area contributed by atoms with E-state index in [9.17, 15) is 0 Å². The zero-order valence-electron chi connectivity index (χ0n) is 11.8. The Kier molecular flexibility index (Phi) is 6.08. The predicted molar refractivity (Wildman–Crippen MR) is 74.8 cm³/mol. The van der Waals surface area contributed by atoms with Gasteiger partial charge < -0.3 is 20.6 Å². The van der Waals surface area contributed by atoms with Crippen LogP contribution in [-0.4, -0.2) is 47.2 Å². The number of rotatable bonds is 7. The van der Waals surface area contributed by atoms with Crippen LogP contribution in [0.4, 0.5) is 0 Å². The molecule has 1 aromatic rings. The van der Waals surface area contributed by atoms with E-state index in [4.69, 9.17) is 15.7 Å². The molecule has 106 valence electrons. The third kappa shape index (κ3) is 4.75. The molecule has 0 saturated heterocycles. The molecule has 0 fully saturated rings. The van der Waals surface area contributed by atoms with Crippen LogP contribution in [0.3, 0.4) is 0 Å². The van der Waals surface area contributed by atoms with Crippen LogP contribution in [0.1, 0.15) is 25.1 Å². The van der Waals surface area contributed by atoms with Crippen LogP contribution in [0.5, 0.6) is 5.88 Å². The molecule has 0 amide bonds. The highest BCUT2D eigenvalue weighted by Crippen LogP contribution is 2.12. The van der Waals surface area contributed by atoms with E-state index >= 15 is 0 Å². The molecule has 0 spiro atoms. The fourth-order valence-electron chi connectivity index (χ4n) is 1.74. The molecule has 3 N–H and O–H groups in total. The topological polar surface area (TPSA) is 84.0 Å². The molecular formula is C13H22N4O2. The van der Waals surface area contributed by atoms with Gasteiger partial charge in [-0.3, -0.25) is 0 Å². The van der Waals surface area contributed by atoms with E-state index in [1.807, 2.05) is 6.92 Å². The first-order chi connectivity index (χ1) is 9.10. The number of amidine groups is 1. The van der Waals surface area contributed by atoms with Crippen molar-refractivity contribution in [3.63, 3.8) is 0 Å². The molecule has 1 aromatic heterocycles. The molecular weight excluding hydrogens is 244 g/mol. The molecule has 0 atom stereocenters. The molecule has 0 aliphatic rings. The third-order valence-corrected chi connectivity index (χ3v) is 2.89. The molecule has 0 saturated carbocycles. The fraction of sp³-hybridized carbons (Fsp3) is 0.538. The van der Waals surface area contributed by atoms with E-state index in [0.717, 1.165) is 25.3 Å². The fourth-order valence-corrected chi connectivity index (χ4v) is 1.74. The third-order valence-electron chi connectivity index (χ3n) is 2.89. The van der Waals surface area contributed by atoms with Crippen molar-refractivity contribution in [3.05, 3.63) is 23.4 Å². The summed E-state index contributed by atoms with van der Waals surface area (Å²) >= 11 is 0.